The normalized spacial score (nSPS) is 26.6. The number of hydrogen-bond donors (Lipinski definition) is 2. The number of Topliss-reactive ketones (excluding diaryl/α,β-unsaturated/α-hetero) is 1. The fraction of sp³-hybridized carbons (Fsp3) is 0.643. The first-order valence-electron chi connectivity index (χ1n) is 6.79. The maximum atomic E-state index is 12.3. The highest BCUT2D eigenvalue weighted by atomic mass is 16.3. The fourth-order valence-corrected chi connectivity index (χ4v) is 2.45. The molecule has 0 radical (unpaired) electrons. The molecule has 2 rings (SSSR count). The molecule has 1 aliphatic heterocycles. The van der Waals surface area contributed by atoms with E-state index in [0.29, 0.717) is 18.2 Å². The molecule has 19 heavy (non-hydrogen) atoms. The summed E-state index contributed by atoms with van der Waals surface area (Å²) in [6.45, 7) is 4.43. The Morgan fingerprint density at radius 3 is 3.00 bits per heavy atom. The summed E-state index contributed by atoms with van der Waals surface area (Å²) in [6.07, 6.45) is 4.40. The van der Waals surface area contributed by atoms with E-state index in [1.807, 2.05) is 19.9 Å². The molecule has 2 N–H and O–H groups in total. The van der Waals surface area contributed by atoms with E-state index in [9.17, 15) is 14.7 Å². The van der Waals surface area contributed by atoms with Crippen LogP contribution in [-0.2, 0) is 9.59 Å². The number of hydrogen-bond acceptors (Lipinski definition) is 3. The highest BCUT2D eigenvalue weighted by molar-refractivity contribution is 6.20. The Hall–Kier alpha value is -1.65. The topological polar surface area (TPSA) is 78.8 Å². The van der Waals surface area contributed by atoms with Crippen molar-refractivity contribution in [2.24, 2.45) is 22.7 Å². The second-order valence-electron chi connectivity index (χ2n) is 5.56. The summed E-state index contributed by atoms with van der Waals surface area (Å²) < 4.78 is 0. The summed E-state index contributed by atoms with van der Waals surface area (Å²) in [5, 5.41) is 12.5. The van der Waals surface area contributed by atoms with Gasteiger partial charge in [-0.1, -0.05) is 19.9 Å². The van der Waals surface area contributed by atoms with Crippen LogP contribution in [0, 0.1) is 17.8 Å². The average Bonchev–Trinajstić information content (AvgIpc) is 2.36. The number of nitrogens with zero attached hydrogens (tertiary/aromatic N) is 1. The molecule has 5 heteroatoms. The van der Waals surface area contributed by atoms with Crippen LogP contribution < -0.4 is 5.32 Å². The first kappa shape index (κ1) is 13.8. The van der Waals surface area contributed by atoms with Crippen molar-refractivity contribution in [2.75, 3.05) is 6.54 Å². The molecule has 2 aliphatic rings. The lowest BCUT2D eigenvalue weighted by Crippen LogP contribution is -2.46. The van der Waals surface area contributed by atoms with E-state index >= 15 is 0 Å². The standard InChI is InChI=1S/C14H20N2O3/c1-8(2)7-15-13(18)11-12(17)9-5-3-4-6-10(9)16-14(11)19/h6,8-9,11H,3-5,7H2,1-2H3,(H,15,18)(H,16,19)/t9-,11+/m0/s1. The maximum Gasteiger partial charge on any atom is 0.240 e. The van der Waals surface area contributed by atoms with Gasteiger partial charge >= 0.3 is 0 Å². The number of amides is 1. The Kier molecular flexibility index (Phi) is 4.02. The molecule has 1 amide bonds. The minimum atomic E-state index is -1.13. The molecule has 0 spiro atoms. The number of allylic oxidation sites excluding steroid dienone is 2. The number of carbonyl (C=O) groups is 2. The van der Waals surface area contributed by atoms with Crippen LogP contribution in [0.4, 0.5) is 0 Å². The summed E-state index contributed by atoms with van der Waals surface area (Å²) in [5.41, 5.74) is 0.627. The summed E-state index contributed by atoms with van der Waals surface area (Å²) >= 11 is 0. The van der Waals surface area contributed by atoms with E-state index in [2.05, 4.69) is 10.3 Å². The molecule has 5 nitrogen and oxygen atoms in total. The van der Waals surface area contributed by atoms with Gasteiger partial charge in [-0.2, -0.15) is 0 Å². The number of aliphatic imine (C=N–C) groups is 1. The number of carbonyl (C=O) groups excluding carboxylic acids is 2. The zero-order chi connectivity index (χ0) is 14.0. The highest BCUT2D eigenvalue weighted by Crippen LogP contribution is 2.32. The number of fused-ring (bicyclic) bond motifs is 1. The zero-order valence-electron chi connectivity index (χ0n) is 11.3. The SMILES string of the molecule is CC(C)CNC(=O)[C@H]1C(=O)[C@H]2CCCC=C2N=C1O. The first-order valence-corrected chi connectivity index (χ1v) is 6.79. The molecule has 1 aliphatic carbocycles. The third kappa shape index (κ3) is 2.85. The predicted molar refractivity (Wildman–Crippen MR) is 71.8 cm³/mol. The molecule has 2 atom stereocenters. The minimum Gasteiger partial charge on any atom is -0.495 e. The molecule has 1 heterocycles. The van der Waals surface area contributed by atoms with E-state index in [1.54, 1.807) is 0 Å². The second-order valence-corrected chi connectivity index (χ2v) is 5.56. The van der Waals surface area contributed by atoms with Gasteiger partial charge in [-0.3, -0.25) is 9.59 Å². The number of nitrogens with one attached hydrogen (secondary N) is 1. The van der Waals surface area contributed by atoms with Gasteiger partial charge < -0.3 is 10.4 Å². The predicted octanol–water partition coefficient (Wildman–Crippen LogP) is 1.60. The average molecular weight is 264 g/mol. The number of aliphatic hydroxyl groups excluding tert-OH is 1. The quantitative estimate of drug-likeness (QED) is 0.760. The van der Waals surface area contributed by atoms with E-state index < -0.39 is 11.8 Å². The molecule has 0 unspecified atom stereocenters. The summed E-state index contributed by atoms with van der Waals surface area (Å²) in [6, 6.07) is 0. The van der Waals surface area contributed by atoms with Gasteiger partial charge in [0.1, 0.15) is 0 Å². The molecule has 0 aromatic carbocycles. The van der Waals surface area contributed by atoms with Crippen molar-refractivity contribution < 1.29 is 14.7 Å². The lowest BCUT2D eigenvalue weighted by atomic mass is 9.80. The van der Waals surface area contributed by atoms with Gasteiger partial charge in [0.2, 0.25) is 11.8 Å². The number of rotatable bonds is 3. The Morgan fingerprint density at radius 1 is 1.58 bits per heavy atom. The van der Waals surface area contributed by atoms with Gasteiger partial charge in [0.25, 0.3) is 0 Å². The first-order chi connectivity index (χ1) is 9.00. The van der Waals surface area contributed by atoms with E-state index in [-0.39, 0.29) is 17.6 Å². The smallest absolute Gasteiger partial charge is 0.240 e. The lowest BCUT2D eigenvalue weighted by molar-refractivity contribution is -0.133. The molecule has 0 aromatic rings. The molecule has 0 saturated heterocycles. The fourth-order valence-electron chi connectivity index (χ4n) is 2.45. The van der Waals surface area contributed by atoms with Gasteiger partial charge in [-0.25, -0.2) is 4.99 Å². The van der Waals surface area contributed by atoms with Crippen molar-refractivity contribution in [3.05, 3.63) is 11.8 Å². The van der Waals surface area contributed by atoms with Gasteiger partial charge in [-0.15, -0.1) is 0 Å². The second kappa shape index (κ2) is 5.55. The Balaban J connectivity index is 2.17. The van der Waals surface area contributed by atoms with E-state index in [1.165, 1.54) is 0 Å². The zero-order valence-corrected chi connectivity index (χ0v) is 11.3. The van der Waals surface area contributed by atoms with Crippen LogP contribution >= 0.6 is 0 Å². The third-order valence-corrected chi connectivity index (χ3v) is 3.48. The van der Waals surface area contributed by atoms with E-state index in [4.69, 9.17) is 0 Å². The van der Waals surface area contributed by atoms with Crippen molar-refractivity contribution in [3.8, 4) is 0 Å². The van der Waals surface area contributed by atoms with Gasteiger partial charge in [0.05, 0.1) is 11.6 Å². The highest BCUT2D eigenvalue weighted by Gasteiger charge is 2.42. The van der Waals surface area contributed by atoms with Crippen molar-refractivity contribution in [2.45, 2.75) is 33.1 Å². The molecule has 0 saturated carbocycles. The van der Waals surface area contributed by atoms with Crippen molar-refractivity contribution in [1.29, 1.82) is 0 Å². The van der Waals surface area contributed by atoms with Crippen LogP contribution in [0.2, 0.25) is 0 Å². The van der Waals surface area contributed by atoms with Crippen LogP contribution in [0.25, 0.3) is 0 Å². The number of ketones is 1. The Morgan fingerprint density at radius 2 is 2.32 bits per heavy atom. The van der Waals surface area contributed by atoms with Crippen LogP contribution in [-0.4, -0.2) is 29.2 Å². The molecule has 0 bridgehead atoms. The molecule has 0 aromatic heterocycles. The summed E-state index contributed by atoms with van der Waals surface area (Å²) in [7, 11) is 0. The Bertz CT molecular complexity index is 452. The maximum absolute atomic E-state index is 12.3. The van der Waals surface area contributed by atoms with Crippen LogP contribution in [0.15, 0.2) is 16.8 Å². The van der Waals surface area contributed by atoms with Gasteiger partial charge in [0.15, 0.2) is 11.7 Å². The monoisotopic (exact) mass is 264 g/mol. The molecule has 0 fully saturated rings. The van der Waals surface area contributed by atoms with Crippen LogP contribution in [0.1, 0.15) is 33.1 Å². The van der Waals surface area contributed by atoms with Crippen molar-refractivity contribution in [3.63, 3.8) is 0 Å². The lowest BCUT2D eigenvalue weighted by Gasteiger charge is -2.28. The van der Waals surface area contributed by atoms with Crippen LogP contribution in [0.5, 0.6) is 0 Å². The molecular weight excluding hydrogens is 244 g/mol. The van der Waals surface area contributed by atoms with E-state index in [0.717, 1.165) is 19.3 Å². The largest absolute Gasteiger partial charge is 0.495 e. The Labute approximate surface area is 112 Å². The summed E-state index contributed by atoms with van der Waals surface area (Å²) in [5.74, 6) is -2.18. The van der Waals surface area contributed by atoms with Gasteiger partial charge in [-0.05, 0) is 25.2 Å². The van der Waals surface area contributed by atoms with Crippen molar-refractivity contribution >= 4 is 17.6 Å². The molecular formula is C14H20N2O3. The van der Waals surface area contributed by atoms with Crippen LogP contribution in [0.3, 0.4) is 0 Å². The number of aliphatic hydroxyl groups is 1. The van der Waals surface area contributed by atoms with Crippen molar-refractivity contribution in [1.82, 2.24) is 5.32 Å². The minimum absolute atomic E-state index is 0.222. The van der Waals surface area contributed by atoms with Gasteiger partial charge in [0, 0.05) is 6.54 Å². The third-order valence-electron chi connectivity index (χ3n) is 3.48. The molecule has 104 valence electrons. The summed E-state index contributed by atoms with van der Waals surface area (Å²) in [4.78, 5) is 28.4.